The second-order valence-corrected chi connectivity index (χ2v) is 8.52. The molecule has 0 bridgehead atoms. The van der Waals surface area contributed by atoms with Crippen molar-refractivity contribution in [3.05, 3.63) is 108 Å². The fourth-order valence-corrected chi connectivity index (χ4v) is 4.13. The van der Waals surface area contributed by atoms with Gasteiger partial charge in [-0.05, 0) is 16.7 Å². The number of rotatable bonds is 11. The number of methoxy groups -OCH3 is 1. The number of carbonyl (C=O) groups is 1. The van der Waals surface area contributed by atoms with Crippen molar-refractivity contribution in [2.75, 3.05) is 13.7 Å². The van der Waals surface area contributed by atoms with E-state index in [2.05, 4.69) is 0 Å². The highest BCUT2D eigenvalue weighted by atomic mass is 16.6. The van der Waals surface area contributed by atoms with Crippen molar-refractivity contribution in [2.45, 2.75) is 50.7 Å². The van der Waals surface area contributed by atoms with E-state index in [1.807, 2.05) is 91.0 Å². The predicted octanol–water partition coefficient (Wildman–Crippen LogP) is 4.70. The molecule has 0 aromatic heterocycles. The van der Waals surface area contributed by atoms with Crippen molar-refractivity contribution in [3.8, 4) is 0 Å². The quantitative estimate of drug-likeness (QED) is 0.374. The van der Waals surface area contributed by atoms with E-state index in [4.69, 9.17) is 23.7 Å². The van der Waals surface area contributed by atoms with E-state index >= 15 is 0 Å². The fourth-order valence-electron chi connectivity index (χ4n) is 4.13. The summed E-state index contributed by atoms with van der Waals surface area (Å²) >= 11 is 0. The van der Waals surface area contributed by atoms with Gasteiger partial charge in [0.15, 0.2) is 6.10 Å². The van der Waals surface area contributed by atoms with Gasteiger partial charge in [0.25, 0.3) is 0 Å². The maximum atomic E-state index is 12.4. The predicted molar refractivity (Wildman–Crippen MR) is 131 cm³/mol. The molecule has 0 N–H and O–H groups in total. The van der Waals surface area contributed by atoms with Crippen LogP contribution >= 0.6 is 0 Å². The van der Waals surface area contributed by atoms with Crippen molar-refractivity contribution in [1.82, 2.24) is 0 Å². The van der Waals surface area contributed by atoms with Gasteiger partial charge < -0.3 is 23.7 Å². The molecule has 6 heteroatoms. The molecule has 35 heavy (non-hydrogen) atoms. The largest absolute Gasteiger partial charge is 0.467 e. The van der Waals surface area contributed by atoms with Crippen LogP contribution in [-0.4, -0.2) is 44.1 Å². The van der Waals surface area contributed by atoms with Crippen LogP contribution in [0.25, 0.3) is 0 Å². The molecule has 6 nitrogen and oxygen atoms in total. The molecule has 0 aliphatic carbocycles. The first-order valence-corrected chi connectivity index (χ1v) is 11.9. The van der Waals surface area contributed by atoms with E-state index in [0.717, 1.165) is 16.7 Å². The standard InChI is InChI=1S/C29H32O6/c1-31-29(30)26-17-25(33-19-23-13-7-3-8-14-23)28(34-20-24-15-9-4-10-16-24)27(35-26)21-32-18-22-11-5-2-6-12-22/h2-16,25-28H,17-21H2,1H3/t25-,26+,27-,28-/m1/s1. The molecule has 0 amide bonds. The summed E-state index contributed by atoms with van der Waals surface area (Å²) in [6.45, 7) is 1.50. The molecular formula is C29H32O6. The van der Waals surface area contributed by atoms with Crippen LogP contribution in [0.4, 0.5) is 0 Å². The van der Waals surface area contributed by atoms with E-state index in [9.17, 15) is 4.79 Å². The lowest BCUT2D eigenvalue weighted by Gasteiger charge is -2.40. The lowest BCUT2D eigenvalue weighted by Crippen LogP contribution is -2.54. The van der Waals surface area contributed by atoms with Crippen molar-refractivity contribution in [2.24, 2.45) is 0 Å². The van der Waals surface area contributed by atoms with Crippen LogP contribution < -0.4 is 0 Å². The Morgan fingerprint density at radius 2 is 1.29 bits per heavy atom. The summed E-state index contributed by atoms with van der Waals surface area (Å²) in [4.78, 5) is 12.4. The number of ether oxygens (including phenoxy) is 5. The lowest BCUT2D eigenvalue weighted by atomic mass is 9.97. The molecule has 0 unspecified atom stereocenters. The molecule has 184 valence electrons. The third-order valence-electron chi connectivity index (χ3n) is 5.97. The monoisotopic (exact) mass is 476 g/mol. The Labute approximate surface area is 206 Å². The van der Waals surface area contributed by atoms with E-state index in [1.54, 1.807) is 0 Å². The van der Waals surface area contributed by atoms with E-state index in [0.29, 0.717) is 26.2 Å². The fraction of sp³-hybridized carbons (Fsp3) is 0.345. The number of hydrogen-bond donors (Lipinski definition) is 0. The van der Waals surface area contributed by atoms with Gasteiger partial charge in [0, 0.05) is 6.42 Å². The van der Waals surface area contributed by atoms with Crippen LogP contribution in [0, 0.1) is 0 Å². The number of benzene rings is 3. The van der Waals surface area contributed by atoms with Gasteiger partial charge in [-0.1, -0.05) is 91.0 Å². The van der Waals surface area contributed by atoms with E-state index in [-0.39, 0.29) is 12.7 Å². The molecule has 0 spiro atoms. The van der Waals surface area contributed by atoms with E-state index in [1.165, 1.54) is 7.11 Å². The maximum absolute atomic E-state index is 12.4. The van der Waals surface area contributed by atoms with Crippen molar-refractivity contribution < 1.29 is 28.5 Å². The Hall–Kier alpha value is -3.03. The molecule has 4 rings (SSSR count). The summed E-state index contributed by atoms with van der Waals surface area (Å²) in [5.41, 5.74) is 3.16. The molecule has 1 aliphatic rings. The van der Waals surface area contributed by atoms with Gasteiger partial charge in [0.1, 0.15) is 12.2 Å². The molecule has 3 aromatic carbocycles. The normalized spacial score (nSPS) is 22.0. The topological polar surface area (TPSA) is 63.2 Å². The molecule has 4 atom stereocenters. The minimum Gasteiger partial charge on any atom is -0.467 e. The Balaban J connectivity index is 1.49. The first kappa shape index (κ1) is 25.1. The summed E-state index contributed by atoms with van der Waals surface area (Å²) in [6, 6.07) is 29.8. The highest BCUT2D eigenvalue weighted by molar-refractivity contribution is 5.74. The second-order valence-electron chi connectivity index (χ2n) is 8.52. The van der Waals surface area contributed by atoms with Gasteiger partial charge in [-0.3, -0.25) is 0 Å². The number of carbonyl (C=O) groups excluding carboxylic acids is 1. The minimum absolute atomic E-state index is 0.257. The Bertz CT molecular complexity index is 1010. The first-order chi connectivity index (χ1) is 17.2. The molecule has 1 fully saturated rings. The SMILES string of the molecule is COC(=O)[C@@H]1C[C@@H](OCc2ccccc2)[C@@H](OCc2ccccc2)[C@@H](COCc2ccccc2)O1. The molecule has 1 saturated heterocycles. The third kappa shape index (κ3) is 7.47. The Morgan fingerprint density at radius 1 is 0.771 bits per heavy atom. The number of esters is 1. The lowest BCUT2D eigenvalue weighted by molar-refractivity contribution is -0.226. The van der Waals surface area contributed by atoms with Crippen molar-refractivity contribution in [1.29, 1.82) is 0 Å². The Morgan fingerprint density at radius 3 is 1.83 bits per heavy atom. The van der Waals surface area contributed by atoms with Crippen LogP contribution in [0.15, 0.2) is 91.0 Å². The molecular weight excluding hydrogens is 444 g/mol. The highest BCUT2D eigenvalue weighted by Crippen LogP contribution is 2.28. The minimum atomic E-state index is -0.748. The molecule has 1 aliphatic heterocycles. The van der Waals surface area contributed by atoms with Crippen LogP contribution in [0.2, 0.25) is 0 Å². The molecule has 0 radical (unpaired) electrons. The maximum Gasteiger partial charge on any atom is 0.335 e. The van der Waals surface area contributed by atoms with E-state index < -0.39 is 24.3 Å². The zero-order valence-corrected chi connectivity index (χ0v) is 20.0. The highest BCUT2D eigenvalue weighted by Gasteiger charge is 2.43. The average molecular weight is 477 g/mol. The summed E-state index contributed by atoms with van der Waals surface area (Å²) in [5, 5.41) is 0. The zero-order valence-electron chi connectivity index (χ0n) is 20.0. The van der Waals surface area contributed by atoms with Gasteiger partial charge in [-0.25, -0.2) is 4.79 Å². The summed E-state index contributed by atoms with van der Waals surface area (Å²) in [5.74, 6) is -0.423. The summed E-state index contributed by atoms with van der Waals surface area (Å²) in [6.07, 6.45) is -1.70. The average Bonchev–Trinajstić information content (AvgIpc) is 2.92. The van der Waals surface area contributed by atoms with Gasteiger partial charge in [-0.2, -0.15) is 0 Å². The van der Waals surface area contributed by atoms with Gasteiger partial charge in [0.05, 0.1) is 39.6 Å². The van der Waals surface area contributed by atoms with Crippen LogP contribution in [0.1, 0.15) is 23.1 Å². The third-order valence-corrected chi connectivity index (χ3v) is 5.97. The number of hydrogen-bond acceptors (Lipinski definition) is 6. The van der Waals surface area contributed by atoms with Gasteiger partial charge >= 0.3 is 5.97 Å². The second kappa shape index (κ2) is 13.2. The summed E-state index contributed by atoms with van der Waals surface area (Å²) < 4.78 is 29.8. The molecule has 1 heterocycles. The zero-order chi connectivity index (χ0) is 24.3. The van der Waals surface area contributed by atoms with Crippen molar-refractivity contribution >= 4 is 5.97 Å². The Kier molecular flexibility index (Phi) is 9.43. The van der Waals surface area contributed by atoms with Crippen LogP contribution in [0.3, 0.4) is 0 Å². The van der Waals surface area contributed by atoms with Crippen LogP contribution in [-0.2, 0) is 48.3 Å². The summed E-state index contributed by atoms with van der Waals surface area (Å²) in [7, 11) is 1.37. The van der Waals surface area contributed by atoms with Gasteiger partial charge in [-0.15, -0.1) is 0 Å². The molecule has 0 saturated carbocycles. The molecule has 3 aromatic rings. The van der Waals surface area contributed by atoms with Gasteiger partial charge in [0.2, 0.25) is 0 Å². The van der Waals surface area contributed by atoms with Crippen LogP contribution in [0.5, 0.6) is 0 Å². The first-order valence-electron chi connectivity index (χ1n) is 11.9. The smallest absolute Gasteiger partial charge is 0.335 e. The van der Waals surface area contributed by atoms with Crippen molar-refractivity contribution in [3.63, 3.8) is 0 Å².